The molecular weight excluding hydrogens is 147 g/mol. The predicted octanol–water partition coefficient (Wildman–Crippen LogP) is 2.05. The van der Waals surface area contributed by atoms with Gasteiger partial charge >= 0.3 is 0 Å². The van der Waals surface area contributed by atoms with Gasteiger partial charge in [0.15, 0.2) is 0 Å². The second-order valence-electron chi connectivity index (χ2n) is 0.798. The van der Waals surface area contributed by atoms with E-state index in [4.69, 9.17) is 22.2 Å². The fourth-order valence-corrected chi connectivity index (χ4v) is 0. The first kappa shape index (κ1) is 10.5. The molecule has 0 aromatic rings. The molecule has 0 fully saturated rings. The van der Waals surface area contributed by atoms with E-state index in [0.29, 0.717) is 0 Å². The van der Waals surface area contributed by atoms with Crippen LogP contribution in [0.15, 0.2) is 12.7 Å². The smallest absolute Gasteiger partial charge is 0.155 e. The molecular formula is C4H10Cl2Si. The molecule has 0 aromatic carbocycles. The van der Waals surface area contributed by atoms with Crippen molar-refractivity contribution in [2.24, 2.45) is 0 Å². The molecule has 0 radical (unpaired) electrons. The molecule has 0 amide bonds. The van der Waals surface area contributed by atoms with Gasteiger partial charge in [-0.15, -0.1) is 6.58 Å². The molecule has 0 bridgehead atoms. The van der Waals surface area contributed by atoms with Crippen LogP contribution in [-0.2, 0) is 0 Å². The third-order valence-electron chi connectivity index (χ3n) is 0.289. The zero-order chi connectivity index (χ0) is 6.12. The second kappa shape index (κ2) is 16.0. The molecule has 3 heteroatoms. The quantitative estimate of drug-likeness (QED) is 0.310. The molecule has 0 aliphatic heterocycles. The highest BCUT2D eigenvalue weighted by Crippen LogP contribution is 1.67. The maximum absolute atomic E-state index is 4.90. The molecule has 0 heterocycles. The summed E-state index contributed by atoms with van der Waals surface area (Å²) in [6.07, 6.45) is 2.96. The molecule has 0 saturated heterocycles. The molecule has 0 atom stereocenters. The normalized spacial score (nSPS) is 6.14. The average Bonchev–Trinajstić information content (AvgIpc) is 1.69. The monoisotopic (exact) mass is 156 g/mol. The van der Waals surface area contributed by atoms with Crippen molar-refractivity contribution in [1.82, 2.24) is 0 Å². The van der Waals surface area contributed by atoms with E-state index in [0.717, 1.165) is 6.42 Å². The van der Waals surface area contributed by atoms with Crippen LogP contribution in [0.25, 0.3) is 0 Å². The first-order valence-corrected chi connectivity index (χ1v) is 6.33. The first-order valence-electron chi connectivity index (χ1n) is 2.06. The average molecular weight is 157 g/mol. The van der Waals surface area contributed by atoms with Crippen molar-refractivity contribution >= 4 is 30.3 Å². The van der Waals surface area contributed by atoms with Crippen molar-refractivity contribution in [3.63, 3.8) is 0 Å². The maximum atomic E-state index is 4.90. The lowest BCUT2D eigenvalue weighted by Crippen LogP contribution is -1.36. The highest BCUT2D eigenvalue weighted by atomic mass is 35.7. The van der Waals surface area contributed by atoms with Crippen molar-refractivity contribution in [3.8, 4) is 0 Å². The Labute approximate surface area is 56.7 Å². The standard InChI is InChI=1S/C4H8.Cl2H2Si/c1-3-4-2;1-3-2/h3H,1,4H2,2H3;3H2. The van der Waals surface area contributed by atoms with E-state index in [-0.39, 0.29) is 0 Å². The summed E-state index contributed by atoms with van der Waals surface area (Å²) in [6.45, 7) is 5.54. The van der Waals surface area contributed by atoms with Crippen LogP contribution in [0.4, 0.5) is 0 Å². The van der Waals surface area contributed by atoms with Gasteiger partial charge < -0.3 is 0 Å². The minimum atomic E-state index is -0.639. The lowest BCUT2D eigenvalue weighted by atomic mass is 10.5. The summed E-state index contributed by atoms with van der Waals surface area (Å²) in [5.41, 5.74) is 0. The Hall–Kier alpha value is 0.537. The van der Waals surface area contributed by atoms with Gasteiger partial charge in [-0.25, -0.2) is 0 Å². The maximum Gasteiger partial charge on any atom is 0.222 e. The molecule has 0 N–H and O–H groups in total. The van der Waals surface area contributed by atoms with Crippen molar-refractivity contribution < 1.29 is 0 Å². The molecule has 0 rings (SSSR count). The zero-order valence-electron chi connectivity index (χ0n) is 4.45. The van der Waals surface area contributed by atoms with Gasteiger partial charge in [0.25, 0.3) is 0 Å². The fourth-order valence-electron chi connectivity index (χ4n) is 0. The van der Waals surface area contributed by atoms with Crippen LogP contribution in [0.2, 0.25) is 0 Å². The number of rotatable bonds is 1. The van der Waals surface area contributed by atoms with Crippen LogP contribution in [-0.4, -0.2) is 8.14 Å². The summed E-state index contributed by atoms with van der Waals surface area (Å²) in [7, 11) is -0.639. The lowest BCUT2D eigenvalue weighted by molar-refractivity contribution is 1.23. The number of halogens is 2. The van der Waals surface area contributed by atoms with Gasteiger partial charge in [-0.1, -0.05) is 13.0 Å². The summed E-state index contributed by atoms with van der Waals surface area (Å²) in [5, 5.41) is 0. The van der Waals surface area contributed by atoms with Gasteiger partial charge in [0.2, 0.25) is 8.14 Å². The summed E-state index contributed by atoms with van der Waals surface area (Å²) in [6, 6.07) is 0. The molecule has 0 nitrogen and oxygen atoms in total. The number of hydrogen-bond donors (Lipinski definition) is 0. The predicted molar refractivity (Wildman–Crippen MR) is 40.7 cm³/mol. The third kappa shape index (κ3) is 57.0. The van der Waals surface area contributed by atoms with Crippen LogP contribution in [0.1, 0.15) is 13.3 Å². The van der Waals surface area contributed by atoms with Crippen LogP contribution in [0.3, 0.4) is 0 Å². The molecule has 0 unspecified atom stereocenters. The van der Waals surface area contributed by atoms with Gasteiger partial charge in [0, 0.05) is 0 Å². The van der Waals surface area contributed by atoms with E-state index in [2.05, 4.69) is 13.5 Å². The number of allylic oxidation sites excluding steroid dienone is 1. The van der Waals surface area contributed by atoms with Gasteiger partial charge in [-0.2, -0.15) is 22.2 Å². The van der Waals surface area contributed by atoms with Crippen LogP contribution in [0, 0.1) is 0 Å². The van der Waals surface area contributed by atoms with Crippen molar-refractivity contribution in [2.75, 3.05) is 0 Å². The largest absolute Gasteiger partial charge is 0.222 e. The van der Waals surface area contributed by atoms with Crippen molar-refractivity contribution in [1.29, 1.82) is 0 Å². The van der Waals surface area contributed by atoms with E-state index in [1.807, 2.05) is 6.08 Å². The minimum Gasteiger partial charge on any atom is -0.155 e. The zero-order valence-corrected chi connectivity index (χ0v) is 7.38. The topological polar surface area (TPSA) is 0 Å². The summed E-state index contributed by atoms with van der Waals surface area (Å²) < 4.78 is 0. The summed E-state index contributed by atoms with van der Waals surface area (Å²) in [4.78, 5) is 0. The lowest BCUT2D eigenvalue weighted by Gasteiger charge is -1.57. The Morgan fingerprint density at radius 1 is 1.71 bits per heavy atom. The van der Waals surface area contributed by atoms with Gasteiger partial charge in [0.1, 0.15) is 0 Å². The molecule has 0 spiro atoms. The molecule has 0 aliphatic carbocycles. The summed E-state index contributed by atoms with van der Waals surface area (Å²) in [5.74, 6) is 0. The third-order valence-corrected chi connectivity index (χ3v) is 0.289. The van der Waals surface area contributed by atoms with E-state index in [1.165, 1.54) is 0 Å². The van der Waals surface area contributed by atoms with E-state index < -0.39 is 8.14 Å². The van der Waals surface area contributed by atoms with Crippen molar-refractivity contribution in [3.05, 3.63) is 12.7 Å². The van der Waals surface area contributed by atoms with Gasteiger partial charge in [0.05, 0.1) is 0 Å². The molecule has 0 aliphatic rings. The van der Waals surface area contributed by atoms with Gasteiger partial charge in [-0.3, -0.25) is 0 Å². The first-order chi connectivity index (χ1) is 3.33. The minimum absolute atomic E-state index is 0.639. The molecule has 0 aromatic heterocycles. The Morgan fingerprint density at radius 2 is 1.86 bits per heavy atom. The highest BCUT2D eigenvalue weighted by Gasteiger charge is 1.46. The number of hydrogen-bond acceptors (Lipinski definition) is 0. The molecule has 44 valence electrons. The molecule has 0 saturated carbocycles. The summed E-state index contributed by atoms with van der Waals surface area (Å²) >= 11 is 9.81. The van der Waals surface area contributed by atoms with Gasteiger partial charge in [-0.05, 0) is 6.42 Å². The van der Waals surface area contributed by atoms with Crippen LogP contribution < -0.4 is 0 Å². The Kier molecular flexibility index (Phi) is 24.0. The van der Waals surface area contributed by atoms with Crippen molar-refractivity contribution in [2.45, 2.75) is 13.3 Å². The second-order valence-corrected chi connectivity index (χ2v) is 3.42. The van der Waals surface area contributed by atoms with E-state index >= 15 is 0 Å². The van der Waals surface area contributed by atoms with E-state index in [1.54, 1.807) is 0 Å². The Balaban J connectivity index is 0. The van der Waals surface area contributed by atoms with Crippen LogP contribution in [0.5, 0.6) is 0 Å². The fraction of sp³-hybridized carbons (Fsp3) is 0.500. The SMILES string of the molecule is C=CCC.Cl[SiH2]Cl. The van der Waals surface area contributed by atoms with E-state index in [9.17, 15) is 0 Å². The highest BCUT2D eigenvalue weighted by molar-refractivity contribution is 7.22. The molecule has 7 heavy (non-hydrogen) atoms. The Bertz CT molecular complexity index is 30.9. The Morgan fingerprint density at radius 3 is 1.86 bits per heavy atom. The van der Waals surface area contributed by atoms with Crippen LogP contribution >= 0.6 is 22.2 Å².